The van der Waals surface area contributed by atoms with Gasteiger partial charge >= 0.3 is 0 Å². The van der Waals surface area contributed by atoms with E-state index in [-0.39, 0.29) is 17.9 Å². The van der Waals surface area contributed by atoms with Crippen LogP contribution in [-0.4, -0.2) is 55.1 Å². The zero-order chi connectivity index (χ0) is 16.9. The van der Waals surface area contributed by atoms with Gasteiger partial charge < -0.3 is 9.64 Å². The van der Waals surface area contributed by atoms with E-state index in [0.29, 0.717) is 18.8 Å². The van der Waals surface area contributed by atoms with E-state index in [2.05, 4.69) is 17.9 Å². The van der Waals surface area contributed by atoms with Gasteiger partial charge in [0.15, 0.2) is 0 Å². The number of benzene rings is 1. The number of likely N-dealkylation sites (tertiary alicyclic amines) is 1. The summed E-state index contributed by atoms with van der Waals surface area (Å²) < 4.78 is 5.35. The van der Waals surface area contributed by atoms with Gasteiger partial charge in [-0.25, -0.2) is 0 Å². The quantitative estimate of drug-likeness (QED) is 0.854. The van der Waals surface area contributed by atoms with Crippen molar-refractivity contribution < 1.29 is 9.53 Å². The number of morpholine rings is 1. The zero-order valence-corrected chi connectivity index (χ0v) is 14.3. The van der Waals surface area contributed by atoms with E-state index < -0.39 is 0 Å². The zero-order valence-electron chi connectivity index (χ0n) is 14.3. The van der Waals surface area contributed by atoms with Crippen molar-refractivity contribution in [3.05, 3.63) is 35.4 Å². The molecule has 0 aromatic heterocycles. The number of nitriles is 1. The van der Waals surface area contributed by atoms with Gasteiger partial charge in [-0.05, 0) is 44.0 Å². The Bertz CT molecular complexity index is 602. The third kappa shape index (κ3) is 3.77. The molecule has 0 unspecified atom stereocenters. The summed E-state index contributed by atoms with van der Waals surface area (Å²) >= 11 is 0. The monoisotopic (exact) mass is 327 g/mol. The molecule has 2 aliphatic heterocycles. The van der Waals surface area contributed by atoms with Crippen molar-refractivity contribution in [3.8, 4) is 6.07 Å². The third-order valence-electron chi connectivity index (χ3n) is 5.19. The van der Waals surface area contributed by atoms with Gasteiger partial charge in [0.25, 0.3) is 0 Å². The summed E-state index contributed by atoms with van der Waals surface area (Å²) in [6.07, 6.45) is 2.04. The first kappa shape index (κ1) is 16.9. The van der Waals surface area contributed by atoms with E-state index in [1.807, 2.05) is 29.2 Å². The van der Waals surface area contributed by atoms with Crippen LogP contribution in [0, 0.1) is 17.2 Å². The van der Waals surface area contributed by atoms with Crippen LogP contribution in [0.3, 0.4) is 0 Å². The van der Waals surface area contributed by atoms with Gasteiger partial charge in [0.05, 0.1) is 30.8 Å². The number of hydrogen-bond acceptors (Lipinski definition) is 4. The van der Waals surface area contributed by atoms with E-state index in [4.69, 9.17) is 10.00 Å². The molecular formula is C19H25N3O2. The Kier molecular flexibility index (Phi) is 5.49. The fraction of sp³-hybridized carbons (Fsp3) is 0.579. The summed E-state index contributed by atoms with van der Waals surface area (Å²) in [5.41, 5.74) is 1.89. The van der Waals surface area contributed by atoms with Crippen LogP contribution in [0.4, 0.5) is 0 Å². The average Bonchev–Trinajstić information content (AvgIpc) is 2.67. The summed E-state index contributed by atoms with van der Waals surface area (Å²) in [5.74, 6) is 0.382. The molecule has 0 N–H and O–H groups in total. The van der Waals surface area contributed by atoms with Gasteiger partial charge in [0.1, 0.15) is 0 Å². The first-order chi connectivity index (χ1) is 11.7. The standard InChI is InChI=1S/C19H25N3O2/c1-15(17-6-4-16(13-20)5-7-17)22-8-2-3-18(14-22)19(23)21-9-11-24-12-10-21/h4-7,15,18H,2-3,8-12,14H2,1H3/t15-,18+/m0/s1. The summed E-state index contributed by atoms with van der Waals surface area (Å²) in [6, 6.07) is 10.2. The summed E-state index contributed by atoms with van der Waals surface area (Å²) in [5, 5.41) is 8.92. The second-order valence-corrected chi connectivity index (χ2v) is 6.68. The predicted molar refractivity (Wildman–Crippen MR) is 91.3 cm³/mol. The molecule has 2 saturated heterocycles. The molecule has 5 heteroatoms. The maximum atomic E-state index is 12.7. The first-order valence-electron chi connectivity index (χ1n) is 8.79. The molecule has 0 saturated carbocycles. The summed E-state index contributed by atoms with van der Waals surface area (Å²) in [7, 11) is 0. The highest BCUT2D eigenvalue weighted by Gasteiger charge is 2.31. The topological polar surface area (TPSA) is 56.6 Å². The van der Waals surface area contributed by atoms with Crippen LogP contribution < -0.4 is 0 Å². The molecule has 24 heavy (non-hydrogen) atoms. The van der Waals surface area contributed by atoms with Gasteiger partial charge in [-0.2, -0.15) is 5.26 Å². The van der Waals surface area contributed by atoms with Crippen molar-refractivity contribution in [1.29, 1.82) is 5.26 Å². The fourth-order valence-corrected chi connectivity index (χ4v) is 3.65. The molecule has 2 fully saturated rings. The molecule has 1 aromatic carbocycles. The van der Waals surface area contributed by atoms with Crippen molar-refractivity contribution in [2.75, 3.05) is 39.4 Å². The van der Waals surface area contributed by atoms with Crippen molar-refractivity contribution in [2.24, 2.45) is 5.92 Å². The third-order valence-corrected chi connectivity index (χ3v) is 5.19. The van der Waals surface area contributed by atoms with Crippen LogP contribution >= 0.6 is 0 Å². The molecule has 1 amide bonds. The van der Waals surface area contributed by atoms with Crippen LogP contribution in [0.2, 0.25) is 0 Å². The Morgan fingerprint density at radius 3 is 2.62 bits per heavy atom. The fourth-order valence-electron chi connectivity index (χ4n) is 3.65. The van der Waals surface area contributed by atoms with Crippen molar-refractivity contribution in [2.45, 2.75) is 25.8 Å². The van der Waals surface area contributed by atoms with Crippen LogP contribution in [0.1, 0.15) is 36.9 Å². The summed E-state index contributed by atoms with van der Waals surface area (Å²) in [6.45, 7) is 6.78. The molecule has 2 aliphatic rings. The van der Waals surface area contributed by atoms with E-state index in [9.17, 15) is 4.79 Å². The lowest BCUT2D eigenvalue weighted by molar-refractivity contribution is -0.141. The Morgan fingerprint density at radius 2 is 1.96 bits per heavy atom. The second-order valence-electron chi connectivity index (χ2n) is 6.68. The van der Waals surface area contributed by atoms with Crippen molar-refractivity contribution in [1.82, 2.24) is 9.80 Å². The number of hydrogen-bond donors (Lipinski definition) is 0. The van der Waals surface area contributed by atoms with E-state index in [1.54, 1.807) is 0 Å². The highest BCUT2D eigenvalue weighted by Crippen LogP contribution is 2.28. The molecule has 0 aliphatic carbocycles. The number of carbonyl (C=O) groups excluding carboxylic acids is 1. The minimum absolute atomic E-state index is 0.0951. The minimum Gasteiger partial charge on any atom is -0.378 e. The number of rotatable bonds is 3. The maximum absolute atomic E-state index is 12.7. The molecule has 0 radical (unpaired) electrons. The van der Waals surface area contributed by atoms with Crippen LogP contribution in [0.5, 0.6) is 0 Å². The van der Waals surface area contributed by atoms with Gasteiger partial charge in [0.2, 0.25) is 5.91 Å². The molecule has 2 atom stereocenters. The maximum Gasteiger partial charge on any atom is 0.227 e. The molecule has 2 heterocycles. The largest absolute Gasteiger partial charge is 0.378 e. The minimum atomic E-state index is 0.0951. The van der Waals surface area contributed by atoms with E-state index in [0.717, 1.165) is 39.0 Å². The Hall–Kier alpha value is -1.90. The van der Waals surface area contributed by atoms with Gasteiger partial charge in [0, 0.05) is 25.7 Å². The summed E-state index contributed by atoms with van der Waals surface area (Å²) in [4.78, 5) is 17.1. The number of ether oxygens (including phenoxy) is 1. The van der Waals surface area contributed by atoms with Crippen LogP contribution in [0.25, 0.3) is 0 Å². The number of piperidine rings is 1. The molecule has 0 spiro atoms. The lowest BCUT2D eigenvalue weighted by Crippen LogP contribution is -2.48. The Labute approximate surface area is 143 Å². The van der Waals surface area contributed by atoms with Crippen LogP contribution in [-0.2, 0) is 9.53 Å². The smallest absolute Gasteiger partial charge is 0.227 e. The highest BCUT2D eigenvalue weighted by atomic mass is 16.5. The molecule has 3 rings (SSSR count). The van der Waals surface area contributed by atoms with E-state index >= 15 is 0 Å². The molecule has 0 bridgehead atoms. The molecule has 128 valence electrons. The number of amides is 1. The van der Waals surface area contributed by atoms with E-state index in [1.165, 1.54) is 5.56 Å². The van der Waals surface area contributed by atoms with Crippen LogP contribution in [0.15, 0.2) is 24.3 Å². The van der Waals surface area contributed by atoms with Crippen molar-refractivity contribution >= 4 is 5.91 Å². The normalized spacial score (nSPS) is 23.5. The number of nitrogens with zero attached hydrogens (tertiary/aromatic N) is 3. The molecular weight excluding hydrogens is 302 g/mol. The number of carbonyl (C=O) groups is 1. The SMILES string of the molecule is C[C@@H](c1ccc(C#N)cc1)N1CCC[C@@H](C(=O)N2CCOCC2)C1. The van der Waals surface area contributed by atoms with Gasteiger partial charge in [-0.1, -0.05) is 12.1 Å². The molecule has 5 nitrogen and oxygen atoms in total. The highest BCUT2D eigenvalue weighted by molar-refractivity contribution is 5.79. The van der Waals surface area contributed by atoms with Gasteiger partial charge in [-0.15, -0.1) is 0 Å². The predicted octanol–water partition coefficient (Wildman–Crippen LogP) is 2.19. The average molecular weight is 327 g/mol. The second kappa shape index (κ2) is 7.78. The molecule has 1 aromatic rings. The Morgan fingerprint density at radius 1 is 1.25 bits per heavy atom. The van der Waals surface area contributed by atoms with Gasteiger partial charge in [-0.3, -0.25) is 9.69 Å². The first-order valence-corrected chi connectivity index (χ1v) is 8.79. The Balaban J connectivity index is 1.63. The van der Waals surface area contributed by atoms with Crippen molar-refractivity contribution in [3.63, 3.8) is 0 Å². The lowest BCUT2D eigenvalue weighted by atomic mass is 9.93. The lowest BCUT2D eigenvalue weighted by Gasteiger charge is -2.39.